The number of morpholine rings is 1. The van der Waals surface area contributed by atoms with Gasteiger partial charge in [-0.3, -0.25) is 9.59 Å². The van der Waals surface area contributed by atoms with Crippen molar-refractivity contribution in [3.8, 4) is 0 Å². The van der Waals surface area contributed by atoms with Crippen LogP contribution < -0.4 is 21.1 Å². The number of rotatable bonds is 4. The first-order chi connectivity index (χ1) is 16.5. The number of carbonyl (C=O) groups is 1. The lowest BCUT2D eigenvalue weighted by molar-refractivity contribution is -0.124. The highest BCUT2D eigenvalue weighted by Gasteiger charge is 2.31. The largest absolute Gasteiger partial charge is 0.377 e. The highest BCUT2D eigenvalue weighted by Crippen LogP contribution is 2.27. The van der Waals surface area contributed by atoms with Crippen molar-refractivity contribution >= 4 is 34.3 Å². The molecule has 178 valence electrons. The minimum absolute atomic E-state index is 0.119. The Labute approximate surface area is 196 Å². The van der Waals surface area contributed by atoms with E-state index in [1.807, 2.05) is 17.0 Å². The van der Waals surface area contributed by atoms with E-state index >= 15 is 0 Å². The van der Waals surface area contributed by atoms with E-state index < -0.39 is 6.04 Å². The lowest BCUT2D eigenvalue weighted by Gasteiger charge is -2.35. The highest BCUT2D eigenvalue weighted by molar-refractivity contribution is 5.92. The van der Waals surface area contributed by atoms with Gasteiger partial charge in [-0.25, -0.2) is 15.0 Å². The van der Waals surface area contributed by atoms with Crippen LogP contribution in [0.5, 0.6) is 0 Å². The molecule has 0 aromatic carbocycles. The summed E-state index contributed by atoms with van der Waals surface area (Å²) in [5, 5.41) is 6.60. The van der Waals surface area contributed by atoms with E-state index in [4.69, 9.17) is 9.72 Å². The number of amides is 1. The monoisotopic (exact) mass is 464 g/mol. The van der Waals surface area contributed by atoms with E-state index in [0.717, 1.165) is 36.2 Å². The van der Waals surface area contributed by atoms with E-state index in [1.165, 1.54) is 0 Å². The first-order valence-electron chi connectivity index (χ1n) is 11.3. The molecule has 34 heavy (non-hydrogen) atoms. The van der Waals surface area contributed by atoms with E-state index in [-0.39, 0.29) is 18.1 Å². The first kappa shape index (κ1) is 22.2. The summed E-state index contributed by atoms with van der Waals surface area (Å²) in [7, 11) is 5.48. The molecule has 11 heteroatoms. The maximum atomic E-state index is 13.0. The average molecular weight is 465 g/mol. The predicted octanol–water partition coefficient (Wildman–Crippen LogP) is 0.406. The summed E-state index contributed by atoms with van der Waals surface area (Å²) in [6.45, 7) is 2.97. The van der Waals surface area contributed by atoms with E-state index in [1.54, 1.807) is 31.1 Å². The van der Waals surface area contributed by atoms with Crippen LogP contribution in [0.25, 0.3) is 10.9 Å². The number of ether oxygens (including phenoxy) is 1. The average Bonchev–Trinajstić information content (AvgIpc) is 2.86. The molecular formula is C23H28N8O3. The second-order valence-corrected chi connectivity index (χ2v) is 8.67. The zero-order chi connectivity index (χ0) is 23.8. The third-order valence-electron chi connectivity index (χ3n) is 6.48. The number of anilines is 3. The normalized spacial score (nSPS) is 18.6. The number of nitrogens with one attached hydrogen (secondary N) is 2. The van der Waals surface area contributed by atoms with Gasteiger partial charge in [0.2, 0.25) is 11.9 Å². The molecule has 1 amide bonds. The van der Waals surface area contributed by atoms with E-state index in [9.17, 15) is 9.59 Å². The summed E-state index contributed by atoms with van der Waals surface area (Å²) in [6, 6.07) is 3.22. The van der Waals surface area contributed by atoms with Crippen molar-refractivity contribution in [2.24, 2.45) is 7.05 Å². The van der Waals surface area contributed by atoms with Gasteiger partial charge in [-0.15, -0.1) is 0 Å². The van der Waals surface area contributed by atoms with Gasteiger partial charge < -0.3 is 29.7 Å². The van der Waals surface area contributed by atoms with Gasteiger partial charge in [-0.2, -0.15) is 0 Å². The van der Waals surface area contributed by atoms with Crippen LogP contribution in [0.1, 0.15) is 11.3 Å². The second-order valence-electron chi connectivity index (χ2n) is 8.67. The molecule has 0 bridgehead atoms. The molecule has 2 aliphatic heterocycles. The van der Waals surface area contributed by atoms with Gasteiger partial charge in [0, 0.05) is 63.6 Å². The van der Waals surface area contributed by atoms with Gasteiger partial charge in [-0.05, 0) is 24.7 Å². The molecule has 0 radical (unpaired) electrons. The summed E-state index contributed by atoms with van der Waals surface area (Å²) in [5.74, 6) is 0.737. The molecule has 11 nitrogen and oxygen atoms in total. The van der Waals surface area contributed by atoms with Crippen molar-refractivity contribution in [2.45, 2.75) is 19.0 Å². The molecule has 5 rings (SSSR count). The van der Waals surface area contributed by atoms with Crippen LogP contribution >= 0.6 is 0 Å². The molecule has 0 spiro atoms. The maximum absolute atomic E-state index is 13.0. The van der Waals surface area contributed by atoms with Crippen molar-refractivity contribution < 1.29 is 9.53 Å². The van der Waals surface area contributed by atoms with Gasteiger partial charge in [0.05, 0.1) is 13.2 Å². The third kappa shape index (κ3) is 3.97. The van der Waals surface area contributed by atoms with Crippen LogP contribution in [-0.4, -0.2) is 76.8 Å². The molecule has 2 aliphatic rings. The molecule has 0 aliphatic carbocycles. The summed E-state index contributed by atoms with van der Waals surface area (Å²) < 4.78 is 7.24. The van der Waals surface area contributed by atoms with Crippen molar-refractivity contribution in [1.82, 2.24) is 29.7 Å². The van der Waals surface area contributed by atoms with Crippen LogP contribution in [0, 0.1) is 0 Å². The quantitative estimate of drug-likeness (QED) is 0.566. The van der Waals surface area contributed by atoms with Crippen LogP contribution in [-0.2, 0) is 29.5 Å². The van der Waals surface area contributed by atoms with Gasteiger partial charge >= 0.3 is 0 Å². The Hall–Kier alpha value is -3.57. The standard InChI is InChI=1S/C23H28N8O3/c1-24-21(32)18-13-34-9-8-31(18)20-19-14(4-6-25-20)11-26-23(28-19)27-16-10-15-12-29(2)7-5-17(15)30(3)22(16)33/h4,6,10-11,18H,5,7-9,12-13H2,1-3H3,(H,24,32)(H,26,27,28). The Morgan fingerprint density at radius 3 is 2.91 bits per heavy atom. The van der Waals surface area contributed by atoms with Gasteiger partial charge in [0.25, 0.3) is 5.56 Å². The molecule has 5 heterocycles. The van der Waals surface area contributed by atoms with Crippen molar-refractivity contribution in [3.05, 3.63) is 46.1 Å². The summed E-state index contributed by atoms with van der Waals surface area (Å²) in [4.78, 5) is 43.3. The fourth-order valence-electron chi connectivity index (χ4n) is 4.63. The minimum atomic E-state index is -0.506. The molecule has 0 saturated carbocycles. The number of hydrogen-bond donors (Lipinski definition) is 2. The molecule has 1 unspecified atom stereocenters. The summed E-state index contributed by atoms with van der Waals surface area (Å²) in [6.07, 6.45) is 4.22. The minimum Gasteiger partial charge on any atom is -0.377 e. The highest BCUT2D eigenvalue weighted by atomic mass is 16.5. The smallest absolute Gasteiger partial charge is 0.274 e. The van der Waals surface area contributed by atoms with Crippen molar-refractivity contribution in [2.75, 3.05) is 50.6 Å². The molecule has 1 fully saturated rings. The summed E-state index contributed by atoms with van der Waals surface area (Å²) >= 11 is 0. The Kier molecular flexibility index (Phi) is 5.88. The Morgan fingerprint density at radius 2 is 2.09 bits per heavy atom. The topological polar surface area (TPSA) is 118 Å². The zero-order valence-corrected chi connectivity index (χ0v) is 19.5. The van der Waals surface area contributed by atoms with Gasteiger partial charge in [0.15, 0.2) is 5.82 Å². The Morgan fingerprint density at radius 1 is 1.24 bits per heavy atom. The lowest BCUT2D eigenvalue weighted by Crippen LogP contribution is -2.53. The van der Waals surface area contributed by atoms with Gasteiger partial charge in [-0.1, -0.05) is 0 Å². The molecular weight excluding hydrogens is 436 g/mol. The van der Waals surface area contributed by atoms with Crippen LogP contribution in [0.15, 0.2) is 29.3 Å². The number of aromatic nitrogens is 4. The Bertz CT molecular complexity index is 1310. The van der Waals surface area contributed by atoms with Crippen LogP contribution in [0.2, 0.25) is 0 Å². The van der Waals surface area contributed by atoms with Gasteiger partial charge in [0.1, 0.15) is 17.2 Å². The van der Waals surface area contributed by atoms with Crippen LogP contribution in [0.3, 0.4) is 0 Å². The number of likely N-dealkylation sites (N-methyl/N-ethyl adjacent to an activating group) is 2. The number of fused-ring (bicyclic) bond motifs is 2. The number of hydrogen-bond acceptors (Lipinski definition) is 9. The first-order valence-corrected chi connectivity index (χ1v) is 11.3. The van der Waals surface area contributed by atoms with E-state index in [2.05, 4.69) is 32.5 Å². The predicted molar refractivity (Wildman–Crippen MR) is 128 cm³/mol. The third-order valence-corrected chi connectivity index (χ3v) is 6.48. The zero-order valence-electron chi connectivity index (χ0n) is 19.5. The molecule has 3 aromatic rings. The number of nitrogens with zero attached hydrogens (tertiary/aromatic N) is 6. The SMILES string of the molecule is CNC(=O)C1COCCN1c1nccc2cnc(Nc3cc4c(n(C)c3=O)CCN(C)C4)nc12. The fourth-order valence-corrected chi connectivity index (χ4v) is 4.63. The summed E-state index contributed by atoms with van der Waals surface area (Å²) in [5.41, 5.74) is 3.09. The molecule has 2 N–H and O–H groups in total. The second kappa shape index (κ2) is 8.99. The van der Waals surface area contributed by atoms with Crippen molar-refractivity contribution in [1.29, 1.82) is 0 Å². The molecule has 1 saturated heterocycles. The number of carbonyl (C=O) groups excluding carboxylic acids is 1. The maximum Gasteiger partial charge on any atom is 0.274 e. The number of pyridine rings is 2. The Balaban J connectivity index is 1.53. The lowest BCUT2D eigenvalue weighted by atomic mass is 10.1. The van der Waals surface area contributed by atoms with Crippen LogP contribution in [0.4, 0.5) is 17.5 Å². The van der Waals surface area contributed by atoms with Crippen molar-refractivity contribution in [3.63, 3.8) is 0 Å². The molecule has 3 aromatic heterocycles. The van der Waals surface area contributed by atoms with E-state index in [0.29, 0.717) is 36.1 Å². The fraction of sp³-hybridized carbons (Fsp3) is 0.435. The molecule has 1 atom stereocenters.